The topological polar surface area (TPSA) is 62.5 Å². The number of benzene rings is 1. The summed E-state index contributed by atoms with van der Waals surface area (Å²) in [6.07, 6.45) is 0.899. The molecule has 100 valence electrons. The van der Waals surface area contributed by atoms with Gasteiger partial charge in [0.05, 0.1) is 18.3 Å². The number of nitrogens with zero attached hydrogens (tertiary/aromatic N) is 1. The number of rotatable bonds is 3. The largest absolute Gasteiger partial charge is 0.503 e. The van der Waals surface area contributed by atoms with E-state index >= 15 is 0 Å². The van der Waals surface area contributed by atoms with E-state index in [1.807, 2.05) is 31.2 Å². The SMILES string of the molecule is Cc1ccc([C@H](O)Cn2ccc(=O)c(O)c2C)cc1. The number of aromatic nitrogens is 1. The van der Waals surface area contributed by atoms with Gasteiger partial charge in [0.25, 0.3) is 0 Å². The number of aliphatic hydroxyl groups is 1. The smallest absolute Gasteiger partial charge is 0.223 e. The molecule has 0 aliphatic carbocycles. The molecule has 1 atom stereocenters. The van der Waals surface area contributed by atoms with Gasteiger partial charge in [-0.25, -0.2) is 0 Å². The fraction of sp³-hybridized carbons (Fsp3) is 0.267. The number of aliphatic hydroxyl groups excluding tert-OH is 1. The highest BCUT2D eigenvalue weighted by atomic mass is 16.3. The first-order valence-corrected chi connectivity index (χ1v) is 6.12. The summed E-state index contributed by atoms with van der Waals surface area (Å²) in [6, 6.07) is 8.92. The van der Waals surface area contributed by atoms with Crippen LogP contribution in [0.5, 0.6) is 5.75 Å². The van der Waals surface area contributed by atoms with Crippen molar-refractivity contribution in [3.8, 4) is 5.75 Å². The molecule has 2 aromatic rings. The summed E-state index contributed by atoms with van der Waals surface area (Å²) < 4.78 is 1.67. The first-order valence-electron chi connectivity index (χ1n) is 6.12. The fourth-order valence-electron chi connectivity index (χ4n) is 1.94. The highest BCUT2D eigenvalue weighted by molar-refractivity contribution is 5.26. The lowest BCUT2D eigenvalue weighted by atomic mass is 10.1. The quantitative estimate of drug-likeness (QED) is 0.885. The van der Waals surface area contributed by atoms with Crippen LogP contribution in [-0.4, -0.2) is 14.8 Å². The Morgan fingerprint density at radius 2 is 1.79 bits per heavy atom. The van der Waals surface area contributed by atoms with Crippen LogP contribution in [0.1, 0.15) is 22.9 Å². The summed E-state index contributed by atoms with van der Waals surface area (Å²) in [4.78, 5) is 11.3. The number of pyridine rings is 1. The van der Waals surface area contributed by atoms with Gasteiger partial charge in [-0.1, -0.05) is 29.8 Å². The third kappa shape index (κ3) is 2.85. The van der Waals surface area contributed by atoms with Crippen LogP contribution in [0.2, 0.25) is 0 Å². The van der Waals surface area contributed by atoms with Crippen LogP contribution < -0.4 is 5.43 Å². The molecule has 4 heteroatoms. The molecule has 1 aromatic heterocycles. The fourth-order valence-corrected chi connectivity index (χ4v) is 1.94. The molecule has 0 unspecified atom stereocenters. The Labute approximate surface area is 111 Å². The van der Waals surface area contributed by atoms with Crippen LogP contribution >= 0.6 is 0 Å². The molecule has 1 aromatic carbocycles. The molecular weight excluding hydrogens is 242 g/mol. The molecule has 2 N–H and O–H groups in total. The predicted octanol–water partition coefficient (Wildman–Crippen LogP) is 1.90. The van der Waals surface area contributed by atoms with E-state index in [2.05, 4.69) is 0 Å². The monoisotopic (exact) mass is 259 g/mol. The summed E-state index contributed by atoms with van der Waals surface area (Å²) >= 11 is 0. The Hall–Kier alpha value is -2.07. The van der Waals surface area contributed by atoms with E-state index < -0.39 is 11.5 Å². The van der Waals surface area contributed by atoms with E-state index in [1.165, 1.54) is 6.07 Å². The van der Waals surface area contributed by atoms with Gasteiger partial charge in [0.15, 0.2) is 5.75 Å². The normalized spacial score (nSPS) is 12.4. The van der Waals surface area contributed by atoms with E-state index in [4.69, 9.17) is 0 Å². The van der Waals surface area contributed by atoms with E-state index in [1.54, 1.807) is 17.7 Å². The van der Waals surface area contributed by atoms with Crippen molar-refractivity contribution < 1.29 is 10.2 Å². The van der Waals surface area contributed by atoms with Gasteiger partial charge in [-0.15, -0.1) is 0 Å². The minimum Gasteiger partial charge on any atom is -0.503 e. The van der Waals surface area contributed by atoms with Gasteiger partial charge in [0, 0.05) is 12.3 Å². The second-order valence-corrected chi connectivity index (χ2v) is 4.69. The number of hydrogen-bond donors (Lipinski definition) is 2. The molecule has 0 aliphatic heterocycles. The summed E-state index contributed by atoms with van der Waals surface area (Å²) in [5, 5.41) is 19.8. The van der Waals surface area contributed by atoms with Crippen molar-refractivity contribution in [3.05, 3.63) is 63.6 Å². The van der Waals surface area contributed by atoms with Crippen LogP contribution in [0.25, 0.3) is 0 Å². The summed E-state index contributed by atoms with van der Waals surface area (Å²) in [5.74, 6) is -0.265. The van der Waals surface area contributed by atoms with E-state index in [9.17, 15) is 15.0 Å². The molecule has 0 fully saturated rings. The molecule has 0 spiro atoms. The van der Waals surface area contributed by atoms with Crippen LogP contribution in [0, 0.1) is 13.8 Å². The van der Waals surface area contributed by atoms with E-state index in [0.717, 1.165) is 11.1 Å². The van der Waals surface area contributed by atoms with Crippen LogP contribution in [0.15, 0.2) is 41.3 Å². The van der Waals surface area contributed by atoms with Crippen molar-refractivity contribution in [1.29, 1.82) is 0 Å². The van der Waals surface area contributed by atoms with Gasteiger partial charge in [0.2, 0.25) is 5.43 Å². The summed E-state index contributed by atoms with van der Waals surface area (Å²) in [7, 11) is 0. The number of aromatic hydroxyl groups is 1. The Balaban J connectivity index is 2.24. The van der Waals surface area contributed by atoms with Crippen molar-refractivity contribution in [2.24, 2.45) is 0 Å². The molecule has 0 bridgehead atoms. The third-order valence-electron chi connectivity index (χ3n) is 3.24. The van der Waals surface area contributed by atoms with Crippen molar-refractivity contribution in [2.75, 3.05) is 0 Å². The van der Waals surface area contributed by atoms with Gasteiger partial charge in [-0.3, -0.25) is 4.79 Å². The average molecular weight is 259 g/mol. The Morgan fingerprint density at radius 3 is 2.42 bits per heavy atom. The van der Waals surface area contributed by atoms with Gasteiger partial charge >= 0.3 is 0 Å². The average Bonchev–Trinajstić information content (AvgIpc) is 2.40. The van der Waals surface area contributed by atoms with Gasteiger partial charge in [-0.2, -0.15) is 0 Å². The van der Waals surface area contributed by atoms with Crippen molar-refractivity contribution in [3.63, 3.8) is 0 Å². The minimum atomic E-state index is -0.679. The minimum absolute atomic E-state index is 0.265. The molecule has 0 radical (unpaired) electrons. The molecule has 1 heterocycles. The highest BCUT2D eigenvalue weighted by Gasteiger charge is 2.11. The maximum atomic E-state index is 11.3. The lowest BCUT2D eigenvalue weighted by Gasteiger charge is -2.16. The van der Waals surface area contributed by atoms with Crippen molar-refractivity contribution >= 4 is 0 Å². The zero-order valence-corrected chi connectivity index (χ0v) is 11.0. The molecule has 0 saturated heterocycles. The molecule has 19 heavy (non-hydrogen) atoms. The van der Waals surface area contributed by atoms with Crippen molar-refractivity contribution in [2.45, 2.75) is 26.5 Å². The van der Waals surface area contributed by atoms with Crippen LogP contribution in [0.3, 0.4) is 0 Å². The maximum absolute atomic E-state index is 11.3. The van der Waals surface area contributed by atoms with Crippen molar-refractivity contribution in [1.82, 2.24) is 4.57 Å². The Bertz CT molecular complexity index is 629. The molecule has 0 saturated carbocycles. The first kappa shape index (κ1) is 13.4. The Kier molecular flexibility index (Phi) is 3.71. The standard InChI is InChI=1S/C15H17NO3/c1-10-3-5-12(6-4-10)14(18)9-16-8-7-13(17)15(19)11(16)2/h3-8,14,18-19H,9H2,1-2H3/t14-/m1/s1. The van der Waals surface area contributed by atoms with Gasteiger partial charge in [-0.05, 0) is 19.4 Å². The second kappa shape index (κ2) is 5.28. The molecule has 4 nitrogen and oxygen atoms in total. The predicted molar refractivity (Wildman–Crippen MR) is 73.2 cm³/mol. The third-order valence-corrected chi connectivity index (χ3v) is 3.24. The van der Waals surface area contributed by atoms with Crippen LogP contribution in [0.4, 0.5) is 0 Å². The summed E-state index contributed by atoms with van der Waals surface area (Å²) in [5.41, 5.74) is 1.99. The Morgan fingerprint density at radius 1 is 1.16 bits per heavy atom. The van der Waals surface area contributed by atoms with E-state index in [-0.39, 0.29) is 5.75 Å². The lowest BCUT2D eigenvalue weighted by Crippen LogP contribution is -2.14. The zero-order chi connectivity index (χ0) is 14.0. The second-order valence-electron chi connectivity index (χ2n) is 4.69. The van der Waals surface area contributed by atoms with Gasteiger partial charge in [0.1, 0.15) is 0 Å². The lowest BCUT2D eigenvalue weighted by molar-refractivity contribution is 0.155. The van der Waals surface area contributed by atoms with Gasteiger partial charge < -0.3 is 14.8 Å². The molecular formula is C15H17NO3. The molecule has 0 aliphatic rings. The number of hydrogen-bond acceptors (Lipinski definition) is 3. The van der Waals surface area contributed by atoms with Crippen LogP contribution in [-0.2, 0) is 6.54 Å². The molecule has 0 amide bonds. The van der Waals surface area contributed by atoms with E-state index in [0.29, 0.717) is 12.2 Å². The summed E-state index contributed by atoms with van der Waals surface area (Å²) in [6.45, 7) is 3.93. The molecule has 2 rings (SSSR count). The highest BCUT2D eigenvalue weighted by Crippen LogP contribution is 2.18. The zero-order valence-electron chi connectivity index (χ0n) is 11.0. The maximum Gasteiger partial charge on any atom is 0.223 e. The number of aryl methyl sites for hydroxylation is 1. The first-order chi connectivity index (χ1) is 8.99.